The van der Waals surface area contributed by atoms with Crippen LogP contribution in [0.25, 0.3) is 43.6 Å². The number of carbonyl (C=O) groups is 2. The first-order chi connectivity index (χ1) is 20.7. The van der Waals surface area contributed by atoms with Crippen LogP contribution in [0.4, 0.5) is 4.79 Å². The molecule has 6 heterocycles. The zero-order valence-corrected chi connectivity index (χ0v) is 23.8. The monoisotopic (exact) mass is 561 g/mol. The van der Waals surface area contributed by atoms with E-state index in [4.69, 9.17) is 4.74 Å². The molecule has 4 aliphatic rings. The molecule has 214 valence electrons. The quantitative estimate of drug-likeness (QED) is 0.317. The summed E-state index contributed by atoms with van der Waals surface area (Å²) in [6.45, 7) is 6.33. The highest BCUT2D eigenvalue weighted by atomic mass is 16.6. The van der Waals surface area contributed by atoms with Crippen molar-refractivity contribution in [1.82, 2.24) is 24.3 Å². The Morgan fingerprint density at radius 3 is 2.14 bits per heavy atom. The molecule has 2 saturated heterocycles. The van der Waals surface area contributed by atoms with Crippen LogP contribution in [0, 0.1) is 5.92 Å². The number of rotatable bonds is 3. The lowest BCUT2D eigenvalue weighted by Gasteiger charge is -2.36. The molecule has 42 heavy (non-hydrogen) atoms. The Kier molecular flexibility index (Phi) is 5.39. The van der Waals surface area contributed by atoms with E-state index in [1.54, 1.807) is 0 Å². The number of carbonyl (C=O) groups excluding carboxylic acids is 2. The lowest BCUT2D eigenvalue weighted by molar-refractivity contribution is 0.0634. The number of likely N-dealkylation sites (tertiary alicyclic amines) is 2. The number of hydrogen-bond donors (Lipinski definition) is 1. The Labute approximate surface area is 243 Å². The minimum absolute atomic E-state index is 0.00913. The van der Waals surface area contributed by atoms with Gasteiger partial charge in [-0.05, 0) is 56.5 Å². The number of fused-ring (bicyclic) bond motifs is 9. The maximum absolute atomic E-state index is 13.3. The maximum Gasteiger partial charge on any atom is 0.409 e. The number of amides is 2. The van der Waals surface area contributed by atoms with E-state index in [-0.39, 0.29) is 17.9 Å². The SMILES string of the molecule is O=C1NCc2c1c1c3ccccc3n3c1c1c2c2ccccc2n1CC(COC(=O)N1CCC(N2CCCC2)CC1)C3. The van der Waals surface area contributed by atoms with E-state index in [1.165, 1.54) is 47.7 Å². The smallest absolute Gasteiger partial charge is 0.409 e. The molecular formula is C34H35N5O3. The van der Waals surface area contributed by atoms with Gasteiger partial charge in [0.2, 0.25) is 0 Å². The average Bonchev–Trinajstić information content (AvgIpc) is 3.80. The van der Waals surface area contributed by atoms with Crippen LogP contribution in [0.1, 0.15) is 41.6 Å². The van der Waals surface area contributed by atoms with Gasteiger partial charge in [-0.1, -0.05) is 36.4 Å². The van der Waals surface area contributed by atoms with E-state index >= 15 is 0 Å². The van der Waals surface area contributed by atoms with Crippen molar-refractivity contribution in [3.05, 3.63) is 59.7 Å². The molecule has 0 radical (unpaired) electrons. The predicted molar refractivity (Wildman–Crippen MR) is 164 cm³/mol. The first kappa shape index (κ1) is 24.5. The zero-order valence-electron chi connectivity index (χ0n) is 23.8. The minimum Gasteiger partial charge on any atom is -0.449 e. The molecule has 0 spiro atoms. The molecule has 1 N–H and O–H groups in total. The third-order valence-electron chi connectivity index (χ3n) is 10.4. The zero-order chi connectivity index (χ0) is 27.9. The molecule has 2 amide bonds. The summed E-state index contributed by atoms with van der Waals surface area (Å²) in [6.07, 6.45) is 4.49. The highest BCUT2D eigenvalue weighted by molar-refractivity contribution is 6.30. The fourth-order valence-electron chi connectivity index (χ4n) is 8.48. The fraction of sp³-hybridized carbons (Fsp3) is 0.412. The van der Waals surface area contributed by atoms with Crippen LogP contribution in [0.2, 0.25) is 0 Å². The van der Waals surface area contributed by atoms with Crippen molar-refractivity contribution in [1.29, 1.82) is 0 Å². The Balaban J connectivity index is 1.10. The van der Waals surface area contributed by atoms with Crippen molar-refractivity contribution in [3.8, 4) is 0 Å². The molecule has 1 atom stereocenters. The lowest BCUT2D eigenvalue weighted by atomic mass is 9.97. The van der Waals surface area contributed by atoms with E-state index in [0.29, 0.717) is 19.2 Å². The number of aromatic nitrogens is 2. The van der Waals surface area contributed by atoms with E-state index < -0.39 is 0 Å². The highest BCUT2D eigenvalue weighted by Gasteiger charge is 2.35. The van der Waals surface area contributed by atoms with Gasteiger partial charge in [0.15, 0.2) is 0 Å². The van der Waals surface area contributed by atoms with E-state index in [0.717, 1.165) is 72.0 Å². The molecular weight excluding hydrogens is 526 g/mol. The molecule has 3 aromatic carbocycles. The summed E-state index contributed by atoms with van der Waals surface area (Å²) in [5.74, 6) is 0.0973. The summed E-state index contributed by atoms with van der Waals surface area (Å²) in [7, 11) is 0. The molecule has 5 aromatic rings. The number of hydrogen-bond acceptors (Lipinski definition) is 4. The van der Waals surface area contributed by atoms with Crippen LogP contribution in [0.15, 0.2) is 48.5 Å². The summed E-state index contributed by atoms with van der Waals surface area (Å²) < 4.78 is 10.9. The summed E-state index contributed by atoms with van der Waals surface area (Å²) in [5.41, 5.74) is 6.52. The van der Waals surface area contributed by atoms with Crippen LogP contribution < -0.4 is 5.32 Å². The van der Waals surface area contributed by atoms with E-state index in [1.807, 2.05) is 4.90 Å². The first-order valence-corrected chi connectivity index (χ1v) is 15.6. The summed E-state index contributed by atoms with van der Waals surface area (Å²) in [6, 6.07) is 17.6. The Morgan fingerprint density at radius 1 is 0.833 bits per heavy atom. The summed E-state index contributed by atoms with van der Waals surface area (Å²) in [5, 5.41) is 7.63. The number of benzene rings is 3. The molecule has 0 bridgehead atoms. The average molecular weight is 562 g/mol. The van der Waals surface area contributed by atoms with Gasteiger partial charge in [0.1, 0.15) is 0 Å². The van der Waals surface area contributed by atoms with Crippen LogP contribution in [-0.2, 0) is 24.4 Å². The van der Waals surface area contributed by atoms with Gasteiger partial charge in [0.05, 0.1) is 23.2 Å². The molecule has 1 unspecified atom stereocenters. The van der Waals surface area contributed by atoms with Gasteiger partial charge in [0, 0.05) is 77.3 Å². The minimum atomic E-state index is -0.183. The molecule has 8 nitrogen and oxygen atoms in total. The molecule has 2 aromatic heterocycles. The highest BCUT2D eigenvalue weighted by Crippen LogP contribution is 2.46. The van der Waals surface area contributed by atoms with Crippen molar-refractivity contribution in [2.75, 3.05) is 32.8 Å². The second-order valence-electron chi connectivity index (χ2n) is 12.6. The maximum atomic E-state index is 13.3. The predicted octanol–water partition coefficient (Wildman–Crippen LogP) is 5.47. The molecule has 2 fully saturated rings. The van der Waals surface area contributed by atoms with Gasteiger partial charge in [0.25, 0.3) is 5.91 Å². The standard InChI is InChI=1S/C34H35N5O3/c40-33-30-25(17-35-33)28-23-7-1-3-9-26(23)38-18-21(19-39-27-10-4-2-8-24(27)29(30)32(39)31(28)38)20-42-34(41)37-15-11-22(12-16-37)36-13-5-6-14-36/h1-4,7-10,21-22H,5-6,11-20H2,(H,35,40). The topological polar surface area (TPSA) is 71.7 Å². The van der Waals surface area contributed by atoms with Crippen LogP contribution in [0.3, 0.4) is 0 Å². The number of para-hydroxylation sites is 2. The van der Waals surface area contributed by atoms with E-state index in [9.17, 15) is 9.59 Å². The van der Waals surface area contributed by atoms with Crippen LogP contribution >= 0.6 is 0 Å². The largest absolute Gasteiger partial charge is 0.449 e. The third kappa shape index (κ3) is 3.44. The number of ether oxygens (including phenoxy) is 1. The summed E-state index contributed by atoms with van der Waals surface area (Å²) in [4.78, 5) is 31.1. The first-order valence-electron chi connectivity index (χ1n) is 15.6. The van der Waals surface area contributed by atoms with Gasteiger partial charge in [-0.2, -0.15) is 0 Å². The number of nitrogens with zero attached hydrogens (tertiary/aromatic N) is 4. The Hall–Kier alpha value is -4.04. The Morgan fingerprint density at radius 2 is 1.45 bits per heavy atom. The van der Waals surface area contributed by atoms with Crippen molar-refractivity contribution < 1.29 is 14.3 Å². The fourth-order valence-corrected chi connectivity index (χ4v) is 8.48. The van der Waals surface area contributed by atoms with Gasteiger partial charge >= 0.3 is 6.09 Å². The molecule has 8 heteroatoms. The molecule has 4 aliphatic heterocycles. The Bertz CT molecular complexity index is 1920. The van der Waals surface area contributed by atoms with Crippen molar-refractivity contribution in [2.45, 2.75) is 51.4 Å². The second-order valence-corrected chi connectivity index (χ2v) is 12.6. The van der Waals surface area contributed by atoms with Crippen LogP contribution in [-0.4, -0.2) is 69.8 Å². The van der Waals surface area contributed by atoms with Gasteiger partial charge in [-0.25, -0.2) is 4.79 Å². The third-order valence-corrected chi connectivity index (χ3v) is 10.4. The van der Waals surface area contributed by atoms with Crippen molar-refractivity contribution in [2.24, 2.45) is 5.92 Å². The second kappa shape index (κ2) is 9.23. The summed E-state index contributed by atoms with van der Waals surface area (Å²) >= 11 is 0. The lowest BCUT2D eigenvalue weighted by Crippen LogP contribution is -2.46. The van der Waals surface area contributed by atoms with Gasteiger partial charge in [-0.15, -0.1) is 0 Å². The number of piperidine rings is 1. The van der Waals surface area contributed by atoms with Gasteiger partial charge in [-0.3, -0.25) is 4.79 Å². The molecule has 0 aliphatic carbocycles. The van der Waals surface area contributed by atoms with Crippen molar-refractivity contribution >= 4 is 55.6 Å². The van der Waals surface area contributed by atoms with Gasteiger partial charge < -0.3 is 29.0 Å². The van der Waals surface area contributed by atoms with E-state index in [2.05, 4.69) is 67.9 Å². The van der Waals surface area contributed by atoms with Crippen molar-refractivity contribution in [3.63, 3.8) is 0 Å². The normalized spacial score (nSPS) is 21.2. The van der Waals surface area contributed by atoms with Crippen LogP contribution in [0.5, 0.6) is 0 Å². The number of nitrogens with one attached hydrogen (secondary N) is 1. The molecule has 0 saturated carbocycles. The molecule has 9 rings (SSSR count).